The van der Waals surface area contributed by atoms with Crippen molar-refractivity contribution in [3.8, 4) is 11.8 Å². The number of hydrogen-bond acceptors (Lipinski definition) is 3. The lowest BCUT2D eigenvalue weighted by atomic mass is 10.1. The van der Waals surface area contributed by atoms with Crippen molar-refractivity contribution in [2.45, 2.75) is 0 Å². The van der Waals surface area contributed by atoms with Crippen LogP contribution in [0.15, 0.2) is 78.5 Å². The van der Waals surface area contributed by atoms with E-state index in [-0.39, 0.29) is 11.1 Å². The van der Waals surface area contributed by atoms with Crippen LogP contribution in [0.4, 0.5) is 5.69 Å². The van der Waals surface area contributed by atoms with Gasteiger partial charge >= 0.3 is 5.97 Å². The van der Waals surface area contributed by atoms with Gasteiger partial charge in [-0.15, -0.1) is 0 Å². The molecule has 3 aromatic rings. The normalized spacial score (nSPS) is 10.9. The molecule has 0 atom stereocenters. The molecule has 0 unspecified atom stereocenters. The third-order valence-corrected chi connectivity index (χ3v) is 3.84. The number of aromatic nitrogens is 1. The number of nitrogens with zero attached hydrogens (tertiary/aromatic N) is 2. The standard InChI is InChI=1S/C21H15N3O3/c22-14-16(20(25)23-17-7-4-6-15(12-17)21(26)27)13-19-10-5-11-24(19)18-8-2-1-3-9-18/h1-13H,(H,23,25)(H,26,27)/b16-13-. The second-order valence-electron chi connectivity index (χ2n) is 5.65. The monoisotopic (exact) mass is 357 g/mol. The molecule has 1 aromatic heterocycles. The number of carboxylic acid groups (broad SMARTS) is 1. The van der Waals surface area contributed by atoms with Gasteiger partial charge in [-0.25, -0.2) is 4.79 Å². The van der Waals surface area contributed by atoms with Crippen LogP contribution in [0.2, 0.25) is 0 Å². The van der Waals surface area contributed by atoms with E-state index in [1.165, 1.54) is 24.3 Å². The molecule has 3 rings (SSSR count). The Morgan fingerprint density at radius 2 is 1.81 bits per heavy atom. The first kappa shape index (κ1) is 17.7. The summed E-state index contributed by atoms with van der Waals surface area (Å²) in [6.07, 6.45) is 3.33. The minimum atomic E-state index is -1.09. The second-order valence-corrected chi connectivity index (χ2v) is 5.65. The van der Waals surface area contributed by atoms with Gasteiger partial charge in [0.25, 0.3) is 5.91 Å². The van der Waals surface area contributed by atoms with E-state index in [2.05, 4.69) is 5.32 Å². The number of anilines is 1. The average Bonchev–Trinajstić information content (AvgIpc) is 3.15. The summed E-state index contributed by atoms with van der Waals surface area (Å²) in [5.41, 5.74) is 1.84. The number of nitrogens with one attached hydrogen (secondary N) is 1. The molecule has 27 heavy (non-hydrogen) atoms. The van der Waals surface area contributed by atoms with Gasteiger partial charge in [-0.05, 0) is 48.5 Å². The molecule has 2 N–H and O–H groups in total. The number of carbonyl (C=O) groups excluding carboxylic acids is 1. The number of nitriles is 1. The van der Waals surface area contributed by atoms with Gasteiger partial charge in [0, 0.05) is 23.3 Å². The fourth-order valence-corrected chi connectivity index (χ4v) is 2.56. The van der Waals surface area contributed by atoms with Crippen molar-refractivity contribution < 1.29 is 14.7 Å². The first-order valence-corrected chi connectivity index (χ1v) is 8.08. The number of amides is 1. The van der Waals surface area contributed by atoms with Crippen LogP contribution in [0, 0.1) is 11.3 Å². The number of aromatic carboxylic acids is 1. The molecule has 1 amide bonds. The maximum atomic E-state index is 12.4. The molecule has 6 heteroatoms. The number of carboxylic acids is 1. The Balaban J connectivity index is 1.87. The molecule has 0 saturated heterocycles. The van der Waals surface area contributed by atoms with Crippen molar-refractivity contribution in [3.63, 3.8) is 0 Å². The van der Waals surface area contributed by atoms with Crippen LogP contribution in [0.3, 0.4) is 0 Å². The zero-order valence-corrected chi connectivity index (χ0v) is 14.2. The zero-order valence-electron chi connectivity index (χ0n) is 14.2. The number of rotatable bonds is 5. The van der Waals surface area contributed by atoms with Crippen LogP contribution in [-0.2, 0) is 4.79 Å². The number of hydrogen-bond donors (Lipinski definition) is 2. The van der Waals surface area contributed by atoms with Crippen LogP contribution in [0.25, 0.3) is 11.8 Å². The Kier molecular flexibility index (Phi) is 5.15. The van der Waals surface area contributed by atoms with Gasteiger partial charge in [0.15, 0.2) is 0 Å². The lowest BCUT2D eigenvalue weighted by Gasteiger charge is -2.08. The van der Waals surface area contributed by atoms with Crippen molar-refractivity contribution in [1.82, 2.24) is 4.57 Å². The quantitative estimate of drug-likeness (QED) is 0.537. The zero-order chi connectivity index (χ0) is 19.2. The number of benzene rings is 2. The third-order valence-electron chi connectivity index (χ3n) is 3.84. The summed E-state index contributed by atoms with van der Waals surface area (Å²) in [6.45, 7) is 0. The summed E-state index contributed by atoms with van der Waals surface area (Å²) in [7, 11) is 0. The van der Waals surface area contributed by atoms with Crippen molar-refractivity contribution in [2.24, 2.45) is 0 Å². The molecule has 0 aliphatic carbocycles. The Hall–Kier alpha value is -4.11. The Morgan fingerprint density at radius 3 is 2.52 bits per heavy atom. The van der Waals surface area contributed by atoms with E-state index in [1.807, 2.05) is 53.2 Å². The van der Waals surface area contributed by atoms with E-state index in [9.17, 15) is 14.9 Å². The highest BCUT2D eigenvalue weighted by atomic mass is 16.4. The van der Waals surface area contributed by atoms with Crippen LogP contribution in [-0.4, -0.2) is 21.6 Å². The maximum absolute atomic E-state index is 12.4. The van der Waals surface area contributed by atoms with Gasteiger partial charge in [0.2, 0.25) is 0 Å². The van der Waals surface area contributed by atoms with Crippen molar-refractivity contribution >= 4 is 23.6 Å². The largest absolute Gasteiger partial charge is 0.478 e. The summed E-state index contributed by atoms with van der Waals surface area (Å²) in [5.74, 6) is -1.70. The third kappa shape index (κ3) is 4.11. The summed E-state index contributed by atoms with van der Waals surface area (Å²) in [6, 6.07) is 20.9. The summed E-state index contributed by atoms with van der Waals surface area (Å²) in [5, 5.41) is 21.0. The predicted octanol–water partition coefficient (Wildman–Crippen LogP) is 3.72. The molecule has 0 bridgehead atoms. The summed E-state index contributed by atoms with van der Waals surface area (Å²) in [4.78, 5) is 23.5. The van der Waals surface area contributed by atoms with Crippen LogP contribution >= 0.6 is 0 Å². The minimum Gasteiger partial charge on any atom is -0.478 e. The van der Waals surface area contributed by atoms with E-state index in [0.717, 1.165) is 5.69 Å². The molecule has 2 aromatic carbocycles. The molecule has 6 nitrogen and oxygen atoms in total. The number of carbonyl (C=O) groups is 2. The molecule has 0 fully saturated rings. The topological polar surface area (TPSA) is 95.1 Å². The molecule has 1 heterocycles. The van der Waals surface area contributed by atoms with E-state index in [0.29, 0.717) is 11.4 Å². The van der Waals surface area contributed by atoms with Gasteiger partial charge in [-0.2, -0.15) is 5.26 Å². The molecular weight excluding hydrogens is 342 g/mol. The van der Waals surface area contributed by atoms with Crippen LogP contribution in [0.5, 0.6) is 0 Å². The predicted molar refractivity (Wildman–Crippen MR) is 101 cm³/mol. The highest BCUT2D eigenvalue weighted by Gasteiger charge is 2.12. The summed E-state index contributed by atoms with van der Waals surface area (Å²) >= 11 is 0. The Morgan fingerprint density at radius 1 is 1.04 bits per heavy atom. The molecule has 0 saturated carbocycles. The van der Waals surface area contributed by atoms with Crippen molar-refractivity contribution in [2.75, 3.05) is 5.32 Å². The van der Waals surface area contributed by atoms with Crippen molar-refractivity contribution in [1.29, 1.82) is 5.26 Å². The SMILES string of the molecule is N#C/C(=C/c1cccn1-c1ccccc1)C(=O)Nc1cccc(C(=O)O)c1. The average molecular weight is 357 g/mol. The van der Waals surface area contributed by atoms with E-state index in [4.69, 9.17) is 5.11 Å². The molecule has 0 radical (unpaired) electrons. The van der Waals surface area contributed by atoms with Crippen molar-refractivity contribution in [3.05, 3.63) is 89.8 Å². The van der Waals surface area contributed by atoms with Crippen LogP contribution < -0.4 is 5.32 Å². The van der Waals surface area contributed by atoms with Gasteiger partial charge in [0.05, 0.1) is 5.56 Å². The Bertz CT molecular complexity index is 1060. The molecular formula is C21H15N3O3. The van der Waals surface area contributed by atoms with E-state index >= 15 is 0 Å². The summed E-state index contributed by atoms with van der Waals surface area (Å²) < 4.78 is 1.86. The molecule has 0 spiro atoms. The van der Waals surface area contributed by atoms with Gasteiger partial charge in [0.1, 0.15) is 11.6 Å². The Labute approximate surface area is 155 Å². The lowest BCUT2D eigenvalue weighted by molar-refractivity contribution is -0.112. The second kappa shape index (κ2) is 7.85. The molecule has 0 aliphatic rings. The van der Waals surface area contributed by atoms with E-state index < -0.39 is 11.9 Å². The highest BCUT2D eigenvalue weighted by molar-refractivity contribution is 6.09. The first-order chi connectivity index (χ1) is 13.1. The van der Waals surface area contributed by atoms with Gasteiger partial charge < -0.3 is 15.0 Å². The van der Waals surface area contributed by atoms with Crippen LogP contribution in [0.1, 0.15) is 16.1 Å². The molecule has 132 valence electrons. The van der Waals surface area contributed by atoms with E-state index in [1.54, 1.807) is 12.1 Å². The van der Waals surface area contributed by atoms with Gasteiger partial charge in [-0.1, -0.05) is 24.3 Å². The van der Waals surface area contributed by atoms with Gasteiger partial charge in [-0.3, -0.25) is 4.79 Å². The maximum Gasteiger partial charge on any atom is 0.335 e. The molecule has 0 aliphatic heterocycles. The fourth-order valence-electron chi connectivity index (χ4n) is 2.56. The smallest absolute Gasteiger partial charge is 0.335 e. The highest BCUT2D eigenvalue weighted by Crippen LogP contribution is 2.17. The first-order valence-electron chi connectivity index (χ1n) is 8.08. The minimum absolute atomic E-state index is 0.0493. The number of para-hydroxylation sites is 1. The lowest BCUT2D eigenvalue weighted by Crippen LogP contribution is -2.14. The fraction of sp³-hybridized carbons (Fsp3) is 0.